The lowest BCUT2D eigenvalue weighted by molar-refractivity contribution is 0.0916. The van der Waals surface area contributed by atoms with Crippen molar-refractivity contribution >= 4 is 11.6 Å². The summed E-state index contributed by atoms with van der Waals surface area (Å²) in [4.78, 5) is 16.7. The van der Waals surface area contributed by atoms with Crippen LogP contribution in [0, 0.1) is 5.82 Å². The van der Waals surface area contributed by atoms with Crippen LogP contribution >= 0.6 is 0 Å². The first-order valence-electron chi connectivity index (χ1n) is 10.5. The minimum Gasteiger partial charge on any atom is -0.369 e. The van der Waals surface area contributed by atoms with E-state index in [9.17, 15) is 9.18 Å². The molecule has 4 rings (SSSR count). The molecule has 2 aromatic rings. The number of aryl methyl sites for hydroxylation is 1. The van der Waals surface area contributed by atoms with Gasteiger partial charge in [-0.1, -0.05) is 0 Å². The first-order chi connectivity index (χ1) is 13.6. The molecule has 1 aromatic heterocycles. The van der Waals surface area contributed by atoms with Crippen LogP contribution in [0.4, 0.5) is 10.1 Å². The number of anilines is 1. The molecule has 0 saturated carbocycles. The number of carbonyl (C=O) groups is 1. The lowest BCUT2D eigenvalue weighted by Gasteiger charge is -2.36. The number of benzene rings is 1. The number of rotatable bonds is 5. The molecule has 1 aliphatic heterocycles. The maximum atomic E-state index is 13.1. The molecular formula is C22H29FN4O. The molecule has 0 atom stereocenters. The molecule has 0 unspecified atom stereocenters. The molecule has 2 aliphatic rings. The van der Waals surface area contributed by atoms with Crippen molar-refractivity contribution in [1.82, 2.24) is 14.7 Å². The van der Waals surface area contributed by atoms with Gasteiger partial charge in [-0.3, -0.25) is 9.69 Å². The topological polar surface area (TPSA) is 41.4 Å². The Morgan fingerprint density at radius 2 is 1.79 bits per heavy atom. The third-order valence-electron chi connectivity index (χ3n) is 6.01. The van der Waals surface area contributed by atoms with Gasteiger partial charge in [0.1, 0.15) is 5.82 Å². The summed E-state index contributed by atoms with van der Waals surface area (Å²) < 4.78 is 14.7. The van der Waals surface area contributed by atoms with Gasteiger partial charge in [0.15, 0.2) is 0 Å². The van der Waals surface area contributed by atoms with Gasteiger partial charge in [0.25, 0.3) is 0 Å². The van der Waals surface area contributed by atoms with Crippen molar-refractivity contribution in [2.75, 3.05) is 37.6 Å². The fourth-order valence-corrected chi connectivity index (χ4v) is 4.49. The maximum Gasteiger partial charge on any atom is 0.243 e. The summed E-state index contributed by atoms with van der Waals surface area (Å²) in [5.74, 6) is -0.155. The number of carbonyl (C=O) groups excluding carboxylic acids is 1. The molecule has 0 N–H and O–H groups in total. The molecule has 1 saturated heterocycles. The summed E-state index contributed by atoms with van der Waals surface area (Å²) in [5, 5.41) is 4.64. The minimum atomic E-state index is -0.184. The first kappa shape index (κ1) is 19.1. The first-order valence-corrected chi connectivity index (χ1v) is 10.5. The highest BCUT2D eigenvalue weighted by Crippen LogP contribution is 2.25. The Bertz CT molecular complexity index is 822. The number of hydrogen-bond donors (Lipinski definition) is 0. The van der Waals surface area contributed by atoms with Gasteiger partial charge in [-0.05, 0) is 74.9 Å². The van der Waals surface area contributed by atoms with Gasteiger partial charge >= 0.3 is 0 Å². The molecule has 1 aromatic carbocycles. The van der Waals surface area contributed by atoms with Crippen LogP contribution in [-0.4, -0.2) is 53.3 Å². The van der Waals surface area contributed by atoms with E-state index in [-0.39, 0.29) is 11.7 Å². The van der Waals surface area contributed by atoms with E-state index in [0.717, 1.165) is 81.9 Å². The standard InChI is InChI=1S/C22H29FN4O/c1-17(28)27-22-7-3-2-5-20(22)21(24-27)6-4-12-25-13-15-26(16-14-25)19-10-8-18(23)9-11-19/h8-11H,2-7,12-16H2,1H3. The summed E-state index contributed by atoms with van der Waals surface area (Å²) in [6.07, 6.45) is 6.42. The van der Waals surface area contributed by atoms with E-state index in [4.69, 9.17) is 0 Å². The van der Waals surface area contributed by atoms with Crippen LogP contribution in [0.3, 0.4) is 0 Å². The molecule has 28 heavy (non-hydrogen) atoms. The molecule has 0 spiro atoms. The van der Waals surface area contributed by atoms with Gasteiger partial charge in [-0.2, -0.15) is 5.10 Å². The van der Waals surface area contributed by atoms with E-state index in [1.807, 2.05) is 12.1 Å². The molecular weight excluding hydrogens is 355 g/mol. The zero-order valence-electron chi connectivity index (χ0n) is 16.7. The van der Waals surface area contributed by atoms with E-state index in [0.29, 0.717) is 0 Å². The van der Waals surface area contributed by atoms with E-state index < -0.39 is 0 Å². The third kappa shape index (κ3) is 4.12. The van der Waals surface area contributed by atoms with Gasteiger partial charge in [0.2, 0.25) is 5.91 Å². The highest BCUT2D eigenvalue weighted by molar-refractivity contribution is 5.76. The highest BCUT2D eigenvalue weighted by Gasteiger charge is 2.23. The second-order valence-corrected chi connectivity index (χ2v) is 7.92. The van der Waals surface area contributed by atoms with Crippen LogP contribution in [0.1, 0.15) is 47.9 Å². The van der Waals surface area contributed by atoms with Crippen LogP contribution in [0.5, 0.6) is 0 Å². The van der Waals surface area contributed by atoms with Crippen LogP contribution in [0.15, 0.2) is 24.3 Å². The molecule has 1 fully saturated rings. The van der Waals surface area contributed by atoms with Crippen molar-refractivity contribution in [3.63, 3.8) is 0 Å². The van der Waals surface area contributed by atoms with Crippen molar-refractivity contribution < 1.29 is 9.18 Å². The SMILES string of the molecule is CC(=O)n1nc(CCCN2CCN(c3ccc(F)cc3)CC2)c2c1CCCC2. The van der Waals surface area contributed by atoms with Crippen molar-refractivity contribution in [3.8, 4) is 0 Å². The van der Waals surface area contributed by atoms with Crippen LogP contribution in [-0.2, 0) is 19.3 Å². The summed E-state index contributed by atoms with van der Waals surface area (Å²) in [6.45, 7) is 6.65. The summed E-state index contributed by atoms with van der Waals surface area (Å²) in [7, 11) is 0. The molecule has 6 heteroatoms. The molecule has 1 aliphatic carbocycles. The summed E-state index contributed by atoms with van der Waals surface area (Å²) in [6, 6.07) is 6.78. The van der Waals surface area contributed by atoms with E-state index in [1.54, 1.807) is 11.6 Å². The molecule has 0 bridgehead atoms. The Labute approximate surface area is 166 Å². The molecule has 150 valence electrons. The Kier molecular flexibility index (Phi) is 5.76. The number of fused-ring (bicyclic) bond motifs is 1. The van der Waals surface area contributed by atoms with Crippen molar-refractivity contribution in [3.05, 3.63) is 47.0 Å². The molecule has 5 nitrogen and oxygen atoms in total. The fourth-order valence-electron chi connectivity index (χ4n) is 4.49. The number of nitrogens with zero attached hydrogens (tertiary/aromatic N) is 4. The van der Waals surface area contributed by atoms with Gasteiger partial charge in [-0.25, -0.2) is 9.07 Å². The number of halogens is 1. The Morgan fingerprint density at radius 1 is 1.07 bits per heavy atom. The van der Waals surface area contributed by atoms with E-state index in [2.05, 4.69) is 14.9 Å². The Hall–Kier alpha value is -2.21. The predicted molar refractivity (Wildman–Crippen MR) is 109 cm³/mol. The Morgan fingerprint density at radius 3 is 2.50 bits per heavy atom. The third-order valence-corrected chi connectivity index (χ3v) is 6.01. The van der Waals surface area contributed by atoms with Crippen molar-refractivity contribution in [2.45, 2.75) is 45.4 Å². The van der Waals surface area contributed by atoms with E-state index in [1.165, 1.54) is 24.1 Å². The fraction of sp³-hybridized carbons (Fsp3) is 0.545. The summed E-state index contributed by atoms with van der Waals surface area (Å²) in [5.41, 5.74) is 4.72. The van der Waals surface area contributed by atoms with Gasteiger partial charge in [0, 0.05) is 38.8 Å². The van der Waals surface area contributed by atoms with Crippen LogP contribution in [0.25, 0.3) is 0 Å². The lowest BCUT2D eigenvalue weighted by Crippen LogP contribution is -2.46. The quantitative estimate of drug-likeness (QED) is 0.793. The summed E-state index contributed by atoms with van der Waals surface area (Å²) >= 11 is 0. The lowest BCUT2D eigenvalue weighted by atomic mass is 9.94. The second-order valence-electron chi connectivity index (χ2n) is 7.92. The van der Waals surface area contributed by atoms with Gasteiger partial charge < -0.3 is 4.90 Å². The average molecular weight is 384 g/mol. The van der Waals surface area contributed by atoms with E-state index >= 15 is 0 Å². The zero-order chi connectivity index (χ0) is 19.5. The normalized spacial score (nSPS) is 17.6. The smallest absolute Gasteiger partial charge is 0.243 e. The minimum absolute atomic E-state index is 0.0290. The number of hydrogen-bond acceptors (Lipinski definition) is 4. The van der Waals surface area contributed by atoms with Crippen LogP contribution < -0.4 is 4.90 Å². The Balaban J connectivity index is 1.28. The van der Waals surface area contributed by atoms with Gasteiger partial charge in [-0.15, -0.1) is 0 Å². The van der Waals surface area contributed by atoms with Crippen molar-refractivity contribution in [2.24, 2.45) is 0 Å². The highest BCUT2D eigenvalue weighted by atomic mass is 19.1. The van der Waals surface area contributed by atoms with Crippen LogP contribution in [0.2, 0.25) is 0 Å². The molecule has 0 amide bonds. The largest absolute Gasteiger partial charge is 0.369 e. The monoisotopic (exact) mass is 384 g/mol. The maximum absolute atomic E-state index is 13.1. The second kappa shape index (κ2) is 8.43. The zero-order valence-corrected chi connectivity index (χ0v) is 16.7. The molecule has 0 radical (unpaired) electrons. The number of piperazine rings is 1. The number of aromatic nitrogens is 2. The van der Waals surface area contributed by atoms with Crippen molar-refractivity contribution in [1.29, 1.82) is 0 Å². The molecule has 2 heterocycles. The predicted octanol–water partition coefficient (Wildman–Crippen LogP) is 3.32. The van der Waals surface area contributed by atoms with Gasteiger partial charge in [0.05, 0.1) is 11.4 Å². The average Bonchev–Trinajstić information content (AvgIpc) is 3.08.